The van der Waals surface area contributed by atoms with Crippen molar-refractivity contribution in [1.82, 2.24) is 9.47 Å². The van der Waals surface area contributed by atoms with E-state index in [0.717, 1.165) is 15.8 Å². The highest BCUT2D eigenvalue weighted by atomic mass is 19.3. The maximum Gasteiger partial charge on any atom is 0.270 e. The topological polar surface area (TPSA) is 118 Å². The van der Waals surface area contributed by atoms with Gasteiger partial charge in [0.1, 0.15) is 11.5 Å². The Hall–Kier alpha value is -3.75. The van der Waals surface area contributed by atoms with Gasteiger partial charge in [0.15, 0.2) is 0 Å². The summed E-state index contributed by atoms with van der Waals surface area (Å²) < 4.78 is 29.1. The van der Waals surface area contributed by atoms with Crippen LogP contribution >= 0.6 is 0 Å². The molecule has 9 heteroatoms. The van der Waals surface area contributed by atoms with Gasteiger partial charge in [-0.25, -0.2) is 8.78 Å². The summed E-state index contributed by atoms with van der Waals surface area (Å²) in [4.78, 5) is 25.6. The second-order valence-electron chi connectivity index (χ2n) is 7.70. The number of aromatic nitrogens is 1. The minimum Gasteiger partial charge on any atom is -0.384 e. The fourth-order valence-electron chi connectivity index (χ4n) is 3.80. The van der Waals surface area contributed by atoms with E-state index in [2.05, 4.69) is 0 Å². The fourth-order valence-corrected chi connectivity index (χ4v) is 3.80. The second-order valence-corrected chi connectivity index (χ2v) is 7.70. The summed E-state index contributed by atoms with van der Waals surface area (Å²) in [6, 6.07) is 13.4. The van der Waals surface area contributed by atoms with Crippen molar-refractivity contribution in [3.8, 4) is 0 Å². The number of nitrogen functional groups attached to an aromatic ring is 1. The summed E-state index contributed by atoms with van der Waals surface area (Å²) in [5.74, 6) is -4.03. The van der Waals surface area contributed by atoms with Crippen LogP contribution in [0.1, 0.15) is 38.4 Å². The van der Waals surface area contributed by atoms with Crippen LogP contribution < -0.4 is 11.5 Å². The van der Waals surface area contributed by atoms with Crippen LogP contribution in [0.4, 0.5) is 8.78 Å². The molecule has 1 aromatic heterocycles. The van der Waals surface area contributed by atoms with Crippen molar-refractivity contribution >= 4 is 28.6 Å². The molecule has 0 aliphatic carbocycles. The minimum absolute atomic E-state index is 0.0145. The Morgan fingerprint density at radius 2 is 1.71 bits per heavy atom. The number of carbonyl (C=O) groups excluding carboxylic acids is 2. The van der Waals surface area contributed by atoms with Crippen molar-refractivity contribution in [2.75, 3.05) is 13.1 Å². The first-order valence-corrected chi connectivity index (χ1v) is 9.68. The molecule has 1 aliphatic heterocycles. The molecule has 1 aliphatic rings. The van der Waals surface area contributed by atoms with Gasteiger partial charge in [-0.2, -0.15) is 0 Å². The van der Waals surface area contributed by atoms with E-state index in [9.17, 15) is 18.4 Å². The van der Waals surface area contributed by atoms with E-state index in [4.69, 9.17) is 16.9 Å². The molecular formula is C22H21F2N5O2. The van der Waals surface area contributed by atoms with Crippen molar-refractivity contribution in [3.63, 3.8) is 0 Å². The van der Waals surface area contributed by atoms with Crippen LogP contribution in [0.3, 0.4) is 0 Å². The van der Waals surface area contributed by atoms with E-state index in [1.807, 2.05) is 0 Å². The molecule has 3 aromatic rings. The lowest BCUT2D eigenvalue weighted by atomic mass is 10.1. The lowest BCUT2D eigenvalue weighted by Crippen LogP contribution is -2.32. The zero-order valence-electron chi connectivity index (χ0n) is 16.6. The second kappa shape index (κ2) is 7.50. The molecule has 160 valence electrons. The van der Waals surface area contributed by atoms with E-state index in [-0.39, 0.29) is 31.0 Å². The monoisotopic (exact) mass is 425 g/mol. The maximum absolute atomic E-state index is 13.7. The lowest BCUT2D eigenvalue weighted by Gasteiger charge is -2.18. The van der Waals surface area contributed by atoms with Gasteiger partial charge in [-0.15, -0.1) is 0 Å². The molecule has 5 N–H and O–H groups in total. The molecule has 4 rings (SSSR count). The third kappa shape index (κ3) is 3.98. The standard InChI is InChI=1S/C22H21F2N5O2/c23-22(24)7-8-28(12-22)21(31)18-9-15-5-6-16(19(25)26)10-17(15)29(18)11-13-1-3-14(4-2-13)20(27)30/h1-6,9-10H,7-8,11-12H2,(H3,25,26)(H2,27,30). The number of nitrogens with zero attached hydrogens (tertiary/aromatic N) is 2. The van der Waals surface area contributed by atoms with Crippen molar-refractivity contribution in [1.29, 1.82) is 5.41 Å². The Kier molecular flexibility index (Phi) is 4.96. The van der Waals surface area contributed by atoms with Gasteiger partial charge < -0.3 is 20.9 Å². The number of carbonyl (C=O) groups is 2. The number of amidine groups is 1. The van der Waals surface area contributed by atoms with E-state index in [1.54, 1.807) is 53.1 Å². The summed E-state index contributed by atoms with van der Waals surface area (Å²) in [5, 5.41) is 8.43. The van der Waals surface area contributed by atoms with Crippen molar-refractivity contribution < 1.29 is 18.4 Å². The zero-order chi connectivity index (χ0) is 22.3. The molecule has 2 heterocycles. The van der Waals surface area contributed by atoms with Gasteiger partial charge in [0.25, 0.3) is 11.8 Å². The van der Waals surface area contributed by atoms with Crippen LogP contribution in [-0.4, -0.2) is 46.1 Å². The predicted molar refractivity (Wildman–Crippen MR) is 112 cm³/mol. The average Bonchev–Trinajstić information content (AvgIpc) is 3.27. The number of benzene rings is 2. The highest BCUT2D eigenvalue weighted by Gasteiger charge is 2.41. The number of likely N-dealkylation sites (tertiary alicyclic amines) is 1. The fraction of sp³-hybridized carbons (Fsp3) is 0.227. The molecule has 0 unspecified atom stereocenters. The first kappa shape index (κ1) is 20.5. The normalized spacial score (nSPS) is 15.4. The number of hydrogen-bond donors (Lipinski definition) is 3. The van der Waals surface area contributed by atoms with Gasteiger partial charge in [0, 0.05) is 41.5 Å². The Labute approximate surface area is 176 Å². The number of amides is 2. The van der Waals surface area contributed by atoms with Crippen LogP contribution in [0.5, 0.6) is 0 Å². The third-order valence-electron chi connectivity index (χ3n) is 5.47. The molecule has 2 amide bonds. The molecule has 31 heavy (non-hydrogen) atoms. The van der Waals surface area contributed by atoms with Crippen molar-refractivity contribution in [2.45, 2.75) is 18.9 Å². The number of primary amides is 1. The minimum atomic E-state index is -2.89. The average molecular weight is 425 g/mol. The molecule has 1 fully saturated rings. The number of alkyl halides is 2. The molecule has 0 saturated carbocycles. The van der Waals surface area contributed by atoms with E-state index in [1.165, 1.54) is 0 Å². The largest absolute Gasteiger partial charge is 0.384 e. The van der Waals surface area contributed by atoms with E-state index < -0.39 is 24.3 Å². The summed E-state index contributed by atoms with van der Waals surface area (Å²) in [5.41, 5.74) is 13.5. The first-order chi connectivity index (χ1) is 14.6. The van der Waals surface area contributed by atoms with Gasteiger partial charge in [-0.3, -0.25) is 15.0 Å². The molecule has 2 aromatic carbocycles. The lowest BCUT2D eigenvalue weighted by molar-refractivity contribution is 0.0119. The molecule has 7 nitrogen and oxygen atoms in total. The van der Waals surface area contributed by atoms with Gasteiger partial charge in [-0.1, -0.05) is 24.3 Å². The SMILES string of the molecule is N=C(N)c1ccc2cc(C(=O)N3CCC(F)(F)C3)n(Cc3ccc(C(N)=O)cc3)c2c1. The van der Waals surface area contributed by atoms with Crippen LogP contribution in [0.25, 0.3) is 10.9 Å². The Morgan fingerprint density at radius 3 is 2.29 bits per heavy atom. The van der Waals surface area contributed by atoms with Crippen LogP contribution in [-0.2, 0) is 6.54 Å². The smallest absolute Gasteiger partial charge is 0.270 e. The number of fused-ring (bicyclic) bond motifs is 1. The number of rotatable bonds is 5. The van der Waals surface area contributed by atoms with Crippen LogP contribution in [0.2, 0.25) is 0 Å². The van der Waals surface area contributed by atoms with Gasteiger partial charge in [0.2, 0.25) is 5.91 Å². The van der Waals surface area contributed by atoms with Crippen molar-refractivity contribution in [3.05, 3.63) is 70.9 Å². The van der Waals surface area contributed by atoms with Crippen LogP contribution in [0, 0.1) is 5.41 Å². The summed E-state index contributed by atoms with van der Waals surface area (Å²) >= 11 is 0. The van der Waals surface area contributed by atoms with Crippen LogP contribution in [0.15, 0.2) is 48.5 Å². The molecular weight excluding hydrogens is 404 g/mol. The molecule has 0 atom stereocenters. The Balaban J connectivity index is 1.78. The first-order valence-electron chi connectivity index (χ1n) is 9.68. The molecule has 1 saturated heterocycles. The van der Waals surface area contributed by atoms with E-state index in [0.29, 0.717) is 16.6 Å². The zero-order valence-corrected chi connectivity index (χ0v) is 16.6. The molecule has 0 radical (unpaired) electrons. The third-order valence-corrected chi connectivity index (χ3v) is 5.47. The summed E-state index contributed by atoms with van der Waals surface area (Å²) in [7, 11) is 0. The number of nitrogens with two attached hydrogens (primary N) is 2. The number of nitrogens with one attached hydrogen (secondary N) is 1. The summed E-state index contributed by atoms with van der Waals surface area (Å²) in [6.45, 7) is -0.367. The predicted octanol–water partition coefficient (Wildman–Crippen LogP) is 2.55. The van der Waals surface area contributed by atoms with E-state index >= 15 is 0 Å². The molecule has 0 bridgehead atoms. The molecule has 0 spiro atoms. The quantitative estimate of drug-likeness (QED) is 0.431. The van der Waals surface area contributed by atoms with Gasteiger partial charge in [0.05, 0.1) is 6.54 Å². The Morgan fingerprint density at radius 1 is 1.03 bits per heavy atom. The number of halogens is 2. The number of hydrogen-bond acceptors (Lipinski definition) is 3. The van der Waals surface area contributed by atoms with Crippen molar-refractivity contribution in [2.24, 2.45) is 11.5 Å². The maximum atomic E-state index is 13.7. The summed E-state index contributed by atoms with van der Waals surface area (Å²) in [6.07, 6.45) is -0.359. The van der Waals surface area contributed by atoms with Gasteiger partial charge in [-0.05, 0) is 29.8 Å². The highest BCUT2D eigenvalue weighted by Crippen LogP contribution is 2.30. The highest BCUT2D eigenvalue weighted by molar-refractivity contribution is 6.02. The van der Waals surface area contributed by atoms with Gasteiger partial charge >= 0.3 is 0 Å². The Bertz CT molecular complexity index is 1200.